The smallest absolute Gasteiger partial charge is 0.409 e. The molecule has 0 spiro atoms. The number of carbonyl (C=O) groups excluding carboxylic acids is 1. The zero-order chi connectivity index (χ0) is 15.9. The van der Waals surface area contributed by atoms with E-state index in [4.69, 9.17) is 21.7 Å². The first kappa shape index (κ1) is 16.4. The van der Waals surface area contributed by atoms with Crippen molar-refractivity contribution < 1.29 is 14.3 Å². The van der Waals surface area contributed by atoms with Crippen LogP contribution in [-0.4, -0.2) is 60.9 Å². The molecule has 0 aliphatic carbocycles. The van der Waals surface area contributed by atoms with Crippen LogP contribution in [0.3, 0.4) is 0 Å². The Kier molecular flexibility index (Phi) is 5.83. The maximum Gasteiger partial charge on any atom is 0.409 e. The van der Waals surface area contributed by atoms with Gasteiger partial charge in [-0.3, -0.25) is 0 Å². The SMILES string of the molecule is CCOC(=O)N1CCN(C(=S)Nc2ccc(OC)cc2)CC1. The molecule has 0 atom stereocenters. The van der Waals surface area contributed by atoms with E-state index in [-0.39, 0.29) is 6.09 Å². The average molecular weight is 323 g/mol. The molecule has 120 valence electrons. The second kappa shape index (κ2) is 7.84. The van der Waals surface area contributed by atoms with E-state index in [0.717, 1.165) is 11.4 Å². The van der Waals surface area contributed by atoms with E-state index in [1.54, 1.807) is 12.0 Å². The lowest BCUT2D eigenvalue weighted by molar-refractivity contribution is 0.0923. The van der Waals surface area contributed by atoms with Crippen LogP contribution in [0.25, 0.3) is 0 Å². The molecule has 1 N–H and O–H groups in total. The van der Waals surface area contributed by atoms with Gasteiger partial charge >= 0.3 is 6.09 Å². The van der Waals surface area contributed by atoms with Crippen LogP contribution in [0.15, 0.2) is 24.3 Å². The molecule has 1 amide bonds. The van der Waals surface area contributed by atoms with E-state index in [2.05, 4.69) is 10.2 Å². The summed E-state index contributed by atoms with van der Waals surface area (Å²) in [7, 11) is 1.64. The third kappa shape index (κ3) is 4.24. The van der Waals surface area contributed by atoms with E-state index < -0.39 is 0 Å². The summed E-state index contributed by atoms with van der Waals surface area (Å²) in [5.74, 6) is 0.805. The fourth-order valence-corrected chi connectivity index (χ4v) is 2.48. The lowest BCUT2D eigenvalue weighted by Gasteiger charge is -2.35. The van der Waals surface area contributed by atoms with Crippen molar-refractivity contribution in [3.05, 3.63) is 24.3 Å². The topological polar surface area (TPSA) is 54.0 Å². The monoisotopic (exact) mass is 323 g/mol. The number of methoxy groups -OCH3 is 1. The van der Waals surface area contributed by atoms with E-state index in [1.165, 1.54) is 0 Å². The third-order valence-corrected chi connectivity index (χ3v) is 3.79. The van der Waals surface area contributed by atoms with Gasteiger partial charge < -0.3 is 24.6 Å². The quantitative estimate of drug-likeness (QED) is 0.861. The van der Waals surface area contributed by atoms with Crippen LogP contribution in [0.5, 0.6) is 5.75 Å². The van der Waals surface area contributed by atoms with Crippen LogP contribution in [0.4, 0.5) is 10.5 Å². The predicted octanol–water partition coefficient (Wildman–Crippen LogP) is 2.17. The van der Waals surface area contributed by atoms with Crippen LogP contribution in [0, 0.1) is 0 Å². The first-order valence-electron chi connectivity index (χ1n) is 7.25. The molecule has 1 saturated heterocycles. The van der Waals surface area contributed by atoms with Crippen molar-refractivity contribution in [3.63, 3.8) is 0 Å². The molecule has 1 aliphatic rings. The minimum atomic E-state index is -0.254. The molecule has 0 bridgehead atoms. The van der Waals surface area contributed by atoms with E-state index in [9.17, 15) is 4.79 Å². The summed E-state index contributed by atoms with van der Waals surface area (Å²) in [6.07, 6.45) is -0.254. The predicted molar refractivity (Wildman–Crippen MR) is 89.4 cm³/mol. The Hall–Kier alpha value is -2.02. The molecule has 6 nitrogen and oxygen atoms in total. The lowest BCUT2D eigenvalue weighted by atomic mass is 10.3. The molecule has 0 aromatic heterocycles. The summed E-state index contributed by atoms with van der Waals surface area (Å²) in [4.78, 5) is 15.4. The Bertz CT molecular complexity index is 513. The zero-order valence-corrected chi connectivity index (χ0v) is 13.7. The van der Waals surface area contributed by atoms with Crippen molar-refractivity contribution in [3.8, 4) is 5.75 Å². The number of carbonyl (C=O) groups is 1. The number of benzene rings is 1. The summed E-state index contributed by atoms with van der Waals surface area (Å²) < 4.78 is 10.1. The fraction of sp³-hybridized carbons (Fsp3) is 0.467. The number of thiocarbonyl (C=S) groups is 1. The Labute approximate surface area is 136 Å². The molecule has 1 aliphatic heterocycles. The third-order valence-electron chi connectivity index (χ3n) is 3.43. The number of nitrogens with one attached hydrogen (secondary N) is 1. The van der Waals surface area contributed by atoms with Crippen molar-refractivity contribution in [1.82, 2.24) is 9.80 Å². The van der Waals surface area contributed by atoms with Gasteiger partial charge in [0.05, 0.1) is 13.7 Å². The van der Waals surface area contributed by atoms with Crippen LogP contribution in [-0.2, 0) is 4.74 Å². The zero-order valence-electron chi connectivity index (χ0n) is 12.9. The van der Waals surface area contributed by atoms with Gasteiger partial charge in [0.15, 0.2) is 5.11 Å². The van der Waals surface area contributed by atoms with Gasteiger partial charge in [0.2, 0.25) is 0 Å². The Balaban J connectivity index is 1.83. The number of amides is 1. The van der Waals surface area contributed by atoms with Crippen molar-refractivity contribution >= 4 is 29.1 Å². The molecule has 1 fully saturated rings. The second-order valence-corrected chi connectivity index (χ2v) is 5.22. The van der Waals surface area contributed by atoms with Crippen molar-refractivity contribution in [2.75, 3.05) is 45.2 Å². The molecule has 22 heavy (non-hydrogen) atoms. The number of anilines is 1. The van der Waals surface area contributed by atoms with Crippen LogP contribution in [0.2, 0.25) is 0 Å². The molecule has 0 radical (unpaired) electrons. The van der Waals surface area contributed by atoms with E-state index in [1.807, 2.05) is 31.2 Å². The maximum absolute atomic E-state index is 11.7. The fourth-order valence-electron chi connectivity index (χ4n) is 2.18. The van der Waals surface area contributed by atoms with Gasteiger partial charge in [-0.05, 0) is 43.4 Å². The number of rotatable bonds is 3. The van der Waals surface area contributed by atoms with Gasteiger partial charge in [-0.2, -0.15) is 0 Å². The van der Waals surface area contributed by atoms with Gasteiger partial charge in [0, 0.05) is 31.9 Å². The van der Waals surface area contributed by atoms with Crippen molar-refractivity contribution in [1.29, 1.82) is 0 Å². The second-order valence-electron chi connectivity index (χ2n) is 4.83. The average Bonchev–Trinajstić information content (AvgIpc) is 2.56. The van der Waals surface area contributed by atoms with E-state index in [0.29, 0.717) is 37.9 Å². The molecular weight excluding hydrogens is 302 g/mol. The standard InChI is InChI=1S/C15H21N3O3S/c1-3-21-15(19)18-10-8-17(9-11-18)14(22)16-12-4-6-13(20-2)7-5-12/h4-7H,3,8-11H2,1-2H3,(H,16,22). The first-order chi connectivity index (χ1) is 10.6. The Morgan fingerprint density at radius 2 is 1.77 bits per heavy atom. The lowest BCUT2D eigenvalue weighted by Crippen LogP contribution is -2.51. The van der Waals surface area contributed by atoms with Gasteiger partial charge in [0.1, 0.15) is 5.75 Å². The maximum atomic E-state index is 11.7. The summed E-state index contributed by atoms with van der Waals surface area (Å²) in [5.41, 5.74) is 0.915. The number of nitrogens with zero attached hydrogens (tertiary/aromatic N) is 2. The largest absolute Gasteiger partial charge is 0.497 e. The minimum absolute atomic E-state index is 0.254. The number of ether oxygens (including phenoxy) is 2. The van der Waals surface area contributed by atoms with Crippen LogP contribution >= 0.6 is 12.2 Å². The van der Waals surface area contributed by atoms with Crippen molar-refractivity contribution in [2.24, 2.45) is 0 Å². The molecular formula is C15H21N3O3S. The molecule has 1 heterocycles. The summed E-state index contributed by atoms with van der Waals surface area (Å²) in [5, 5.41) is 3.86. The van der Waals surface area contributed by atoms with Gasteiger partial charge in [0.25, 0.3) is 0 Å². The summed E-state index contributed by atoms with van der Waals surface area (Å²) >= 11 is 5.42. The minimum Gasteiger partial charge on any atom is -0.497 e. The summed E-state index contributed by atoms with van der Waals surface area (Å²) in [6.45, 7) is 4.83. The van der Waals surface area contributed by atoms with Gasteiger partial charge in [-0.15, -0.1) is 0 Å². The highest BCUT2D eigenvalue weighted by Gasteiger charge is 2.23. The van der Waals surface area contributed by atoms with Crippen LogP contribution in [0.1, 0.15) is 6.92 Å². The molecule has 0 unspecified atom stereocenters. The van der Waals surface area contributed by atoms with Gasteiger partial charge in [-0.25, -0.2) is 4.79 Å². The highest BCUT2D eigenvalue weighted by atomic mass is 32.1. The molecule has 1 aromatic rings. The normalized spacial score (nSPS) is 14.5. The van der Waals surface area contributed by atoms with E-state index >= 15 is 0 Å². The molecule has 7 heteroatoms. The summed E-state index contributed by atoms with van der Waals surface area (Å²) in [6, 6.07) is 7.59. The first-order valence-corrected chi connectivity index (χ1v) is 7.66. The molecule has 2 rings (SSSR count). The van der Waals surface area contributed by atoms with Crippen molar-refractivity contribution in [2.45, 2.75) is 6.92 Å². The Morgan fingerprint density at radius 3 is 2.32 bits per heavy atom. The number of hydrogen-bond acceptors (Lipinski definition) is 4. The Morgan fingerprint density at radius 1 is 1.18 bits per heavy atom. The highest BCUT2D eigenvalue weighted by molar-refractivity contribution is 7.80. The number of piperazine rings is 1. The van der Waals surface area contributed by atoms with Crippen LogP contribution < -0.4 is 10.1 Å². The molecule has 1 aromatic carbocycles. The van der Waals surface area contributed by atoms with Gasteiger partial charge in [-0.1, -0.05) is 0 Å². The number of hydrogen-bond donors (Lipinski definition) is 1. The highest BCUT2D eigenvalue weighted by Crippen LogP contribution is 2.16. The molecule has 0 saturated carbocycles.